The highest BCUT2D eigenvalue weighted by atomic mass is 16.5. The van der Waals surface area contributed by atoms with Crippen LogP contribution in [0.2, 0.25) is 0 Å². The summed E-state index contributed by atoms with van der Waals surface area (Å²) in [6, 6.07) is 19.8. The molecule has 0 aliphatic rings. The highest BCUT2D eigenvalue weighted by Gasteiger charge is 2.07. The van der Waals surface area contributed by atoms with Gasteiger partial charge in [-0.2, -0.15) is 0 Å². The Labute approximate surface area is 168 Å². The van der Waals surface area contributed by atoms with E-state index in [-0.39, 0.29) is 18.9 Å². The largest absolute Gasteiger partial charge is 0.493 e. The molecule has 7 nitrogen and oxygen atoms in total. The van der Waals surface area contributed by atoms with Gasteiger partial charge in [0.1, 0.15) is 11.6 Å². The van der Waals surface area contributed by atoms with Crippen LogP contribution in [0.15, 0.2) is 72.9 Å². The van der Waals surface area contributed by atoms with Crippen molar-refractivity contribution in [2.75, 3.05) is 24.4 Å². The van der Waals surface area contributed by atoms with Gasteiger partial charge in [0.15, 0.2) is 0 Å². The molecular weight excluding hydrogens is 370 g/mol. The number of benzene rings is 2. The van der Waals surface area contributed by atoms with Crippen molar-refractivity contribution in [3.05, 3.63) is 78.5 Å². The monoisotopic (exact) mass is 391 g/mol. The SMILES string of the molecule is COC(=O)c1cccc(Nc2ccc(NC(=O)CCOc3ccccc3)nc2)c1. The average molecular weight is 391 g/mol. The number of hydrogen-bond donors (Lipinski definition) is 2. The van der Waals surface area contributed by atoms with E-state index in [1.807, 2.05) is 36.4 Å². The number of esters is 1. The van der Waals surface area contributed by atoms with E-state index in [2.05, 4.69) is 15.6 Å². The van der Waals surface area contributed by atoms with Crippen molar-refractivity contribution < 1.29 is 19.1 Å². The Morgan fingerprint density at radius 1 is 0.966 bits per heavy atom. The van der Waals surface area contributed by atoms with Gasteiger partial charge in [-0.05, 0) is 42.5 Å². The van der Waals surface area contributed by atoms with E-state index in [0.29, 0.717) is 11.4 Å². The minimum absolute atomic E-state index is 0.181. The molecular formula is C22H21N3O4. The molecule has 148 valence electrons. The number of para-hydroxylation sites is 1. The van der Waals surface area contributed by atoms with Crippen LogP contribution in [0.25, 0.3) is 0 Å². The number of methoxy groups -OCH3 is 1. The molecule has 2 N–H and O–H groups in total. The van der Waals surface area contributed by atoms with Crippen molar-refractivity contribution >= 4 is 29.1 Å². The van der Waals surface area contributed by atoms with Gasteiger partial charge >= 0.3 is 5.97 Å². The second kappa shape index (κ2) is 9.89. The van der Waals surface area contributed by atoms with Crippen molar-refractivity contribution in [2.45, 2.75) is 6.42 Å². The van der Waals surface area contributed by atoms with Crippen molar-refractivity contribution in [3.8, 4) is 5.75 Å². The Hall–Kier alpha value is -3.87. The quantitative estimate of drug-likeness (QED) is 0.564. The Morgan fingerprint density at radius 3 is 2.52 bits per heavy atom. The minimum Gasteiger partial charge on any atom is -0.493 e. The lowest BCUT2D eigenvalue weighted by molar-refractivity contribution is -0.116. The average Bonchev–Trinajstić information content (AvgIpc) is 2.75. The van der Waals surface area contributed by atoms with Crippen molar-refractivity contribution in [1.29, 1.82) is 0 Å². The number of nitrogens with one attached hydrogen (secondary N) is 2. The Morgan fingerprint density at radius 2 is 1.79 bits per heavy atom. The van der Waals surface area contributed by atoms with Crippen LogP contribution in [0.4, 0.5) is 17.2 Å². The smallest absolute Gasteiger partial charge is 0.337 e. The summed E-state index contributed by atoms with van der Waals surface area (Å²) in [6.45, 7) is 0.284. The van der Waals surface area contributed by atoms with Crippen molar-refractivity contribution in [1.82, 2.24) is 4.98 Å². The molecule has 29 heavy (non-hydrogen) atoms. The summed E-state index contributed by atoms with van der Waals surface area (Å²) in [5.41, 5.74) is 1.90. The van der Waals surface area contributed by atoms with E-state index in [0.717, 1.165) is 17.1 Å². The summed E-state index contributed by atoms with van der Waals surface area (Å²) in [7, 11) is 1.34. The van der Waals surface area contributed by atoms with Crippen molar-refractivity contribution in [2.24, 2.45) is 0 Å². The molecule has 0 unspecified atom stereocenters. The minimum atomic E-state index is -0.402. The summed E-state index contributed by atoms with van der Waals surface area (Å²) in [4.78, 5) is 27.9. The van der Waals surface area contributed by atoms with Crippen LogP contribution in [0, 0.1) is 0 Å². The predicted octanol–water partition coefficient (Wildman–Crippen LogP) is 4.02. The lowest BCUT2D eigenvalue weighted by Gasteiger charge is -2.09. The molecule has 3 aromatic rings. The number of amides is 1. The van der Waals surface area contributed by atoms with Gasteiger partial charge in [-0.3, -0.25) is 4.79 Å². The first-order valence-electron chi connectivity index (χ1n) is 9.03. The molecule has 1 amide bonds. The van der Waals surface area contributed by atoms with Crippen LogP contribution in [0.1, 0.15) is 16.8 Å². The number of rotatable bonds is 8. The molecule has 0 radical (unpaired) electrons. The van der Waals surface area contributed by atoms with E-state index in [9.17, 15) is 9.59 Å². The van der Waals surface area contributed by atoms with Gasteiger partial charge in [-0.1, -0.05) is 24.3 Å². The summed E-state index contributed by atoms with van der Waals surface area (Å²) in [6.07, 6.45) is 1.82. The number of ether oxygens (including phenoxy) is 2. The molecule has 1 aromatic heterocycles. The number of aromatic nitrogens is 1. The summed E-state index contributed by atoms with van der Waals surface area (Å²) >= 11 is 0. The van der Waals surface area contributed by atoms with Gasteiger partial charge in [0.25, 0.3) is 0 Å². The highest BCUT2D eigenvalue weighted by Crippen LogP contribution is 2.19. The van der Waals surface area contributed by atoms with E-state index < -0.39 is 5.97 Å². The summed E-state index contributed by atoms with van der Waals surface area (Å²) < 4.78 is 10.2. The molecule has 0 aliphatic carbocycles. The molecule has 0 bridgehead atoms. The molecule has 0 saturated carbocycles. The maximum absolute atomic E-state index is 12.0. The highest BCUT2D eigenvalue weighted by molar-refractivity contribution is 5.91. The van der Waals surface area contributed by atoms with Crippen LogP contribution in [0.5, 0.6) is 5.75 Å². The third-order valence-electron chi connectivity index (χ3n) is 3.94. The fourth-order valence-electron chi connectivity index (χ4n) is 2.53. The Balaban J connectivity index is 1.49. The maximum atomic E-state index is 12.0. The van der Waals surface area contributed by atoms with Gasteiger partial charge in [-0.25, -0.2) is 9.78 Å². The molecule has 7 heteroatoms. The van der Waals surface area contributed by atoms with Gasteiger partial charge in [0.2, 0.25) is 5.91 Å². The zero-order valence-electron chi connectivity index (χ0n) is 15.9. The summed E-state index contributed by atoms with van der Waals surface area (Å²) in [5, 5.41) is 5.89. The number of carbonyl (C=O) groups excluding carboxylic acids is 2. The first-order chi connectivity index (χ1) is 14.1. The second-order valence-electron chi connectivity index (χ2n) is 6.09. The van der Waals surface area contributed by atoms with Crippen LogP contribution >= 0.6 is 0 Å². The Kier molecular flexibility index (Phi) is 6.78. The molecule has 0 atom stereocenters. The zero-order chi connectivity index (χ0) is 20.5. The fourth-order valence-corrected chi connectivity index (χ4v) is 2.53. The number of nitrogens with zero attached hydrogens (tertiary/aromatic N) is 1. The fraction of sp³-hybridized carbons (Fsp3) is 0.136. The molecule has 0 aliphatic heterocycles. The van der Waals surface area contributed by atoms with Gasteiger partial charge in [-0.15, -0.1) is 0 Å². The number of anilines is 3. The number of hydrogen-bond acceptors (Lipinski definition) is 6. The van der Waals surface area contributed by atoms with E-state index in [4.69, 9.17) is 9.47 Å². The molecule has 0 spiro atoms. The molecule has 2 aromatic carbocycles. The molecule has 1 heterocycles. The van der Waals surface area contributed by atoms with Crippen LogP contribution < -0.4 is 15.4 Å². The standard InChI is InChI=1S/C22H21N3O4/c1-28-22(27)16-6-5-7-17(14-16)24-18-10-11-20(23-15-18)25-21(26)12-13-29-19-8-3-2-4-9-19/h2-11,14-15,24H,12-13H2,1H3,(H,23,25,26). The number of carbonyl (C=O) groups is 2. The van der Waals surface area contributed by atoms with E-state index in [1.54, 1.807) is 36.5 Å². The van der Waals surface area contributed by atoms with Crippen LogP contribution in [-0.4, -0.2) is 30.6 Å². The molecule has 0 saturated heterocycles. The second-order valence-corrected chi connectivity index (χ2v) is 6.09. The first kappa shape index (κ1) is 19.9. The number of pyridine rings is 1. The molecule has 3 rings (SSSR count). The molecule has 0 fully saturated rings. The normalized spacial score (nSPS) is 10.1. The van der Waals surface area contributed by atoms with Gasteiger partial charge in [0.05, 0.1) is 37.6 Å². The third kappa shape index (κ3) is 6.07. The van der Waals surface area contributed by atoms with Crippen LogP contribution in [0.3, 0.4) is 0 Å². The first-order valence-corrected chi connectivity index (χ1v) is 9.03. The maximum Gasteiger partial charge on any atom is 0.337 e. The lowest BCUT2D eigenvalue weighted by atomic mass is 10.2. The summed E-state index contributed by atoms with van der Waals surface area (Å²) in [5.74, 6) is 0.592. The predicted molar refractivity (Wildman–Crippen MR) is 110 cm³/mol. The van der Waals surface area contributed by atoms with Crippen LogP contribution in [-0.2, 0) is 9.53 Å². The van der Waals surface area contributed by atoms with Gasteiger partial charge < -0.3 is 20.1 Å². The topological polar surface area (TPSA) is 89.6 Å². The Bertz CT molecular complexity index is 959. The van der Waals surface area contributed by atoms with Gasteiger partial charge in [0, 0.05) is 5.69 Å². The lowest BCUT2D eigenvalue weighted by Crippen LogP contribution is -2.16. The third-order valence-corrected chi connectivity index (χ3v) is 3.94. The van der Waals surface area contributed by atoms with E-state index in [1.165, 1.54) is 7.11 Å². The zero-order valence-corrected chi connectivity index (χ0v) is 15.9. The van der Waals surface area contributed by atoms with Crippen molar-refractivity contribution in [3.63, 3.8) is 0 Å². The van der Waals surface area contributed by atoms with E-state index >= 15 is 0 Å².